The molecule has 0 amide bonds. The third-order valence-electron chi connectivity index (χ3n) is 1.04. The van der Waals surface area contributed by atoms with Crippen LogP contribution in [0.4, 0.5) is 4.39 Å². The Morgan fingerprint density at radius 3 is 2.00 bits per heavy atom. The normalized spacial score (nSPS) is 13.4. The first kappa shape index (κ1) is 11.5. The molecule has 0 bridgehead atoms. The Bertz CT molecular complexity index is 305. The first-order valence-electron chi connectivity index (χ1n) is 2.65. The highest BCUT2D eigenvalue weighted by Crippen LogP contribution is 2.49. The predicted molar refractivity (Wildman–Crippen MR) is 47.7 cm³/mol. The number of tetrazole rings is 1. The summed E-state index contributed by atoms with van der Waals surface area (Å²) in [5.41, 5.74) is 0. The Kier molecular flexibility index (Phi) is 3.14. The maximum atomic E-state index is 12.8. The molecule has 74 valence electrons. The summed E-state index contributed by atoms with van der Waals surface area (Å²) in [7, 11) is 0. The van der Waals surface area contributed by atoms with Gasteiger partial charge in [0.05, 0.1) is 0 Å². The van der Waals surface area contributed by atoms with E-state index in [9.17, 15) is 4.39 Å². The number of halogens is 6. The number of alkyl halides is 5. The van der Waals surface area contributed by atoms with Crippen LogP contribution < -0.4 is 0 Å². The van der Waals surface area contributed by atoms with Crippen LogP contribution in [0, 0.1) is 6.08 Å². The molecule has 13 heavy (non-hydrogen) atoms. The smallest absolute Gasteiger partial charge is 0.161 e. The van der Waals surface area contributed by atoms with Crippen molar-refractivity contribution in [2.45, 2.75) is 8.25 Å². The van der Waals surface area contributed by atoms with Crippen LogP contribution in [0.15, 0.2) is 0 Å². The second-order valence-electron chi connectivity index (χ2n) is 1.90. The van der Waals surface area contributed by atoms with Gasteiger partial charge in [-0.1, -0.05) is 63.1 Å². The maximum Gasteiger partial charge on any atom is 0.330 e. The van der Waals surface area contributed by atoms with E-state index in [-0.39, 0.29) is 0 Å². The van der Waals surface area contributed by atoms with Crippen LogP contribution >= 0.6 is 58.0 Å². The standard InChI is InChI=1S/C3Cl5FN4/c4-2(5,6)3(7,8)13-1(9)10-11-12-13. The van der Waals surface area contributed by atoms with E-state index in [1.54, 1.807) is 0 Å². The van der Waals surface area contributed by atoms with Gasteiger partial charge in [0, 0.05) is 0 Å². The maximum absolute atomic E-state index is 12.8. The van der Waals surface area contributed by atoms with Crippen molar-refractivity contribution >= 4 is 58.0 Å². The van der Waals surface area contributed by atoms with Crippen LogP contribution in [-0.4, -0.2) is 24.0 Å². The van der Waals surface area contributed by atoms with E-state index in [1.807, 2.05) is 0 Å². The van der Waals surface area contributed by atoms with E-state index in [0.717, 1.165) is 0 Å². The molecule has 0 unspecified atom stereocenters. The van der Waals surface area contributed by atoms with Gasteiger partial charge in [0.2, 0.25) is 3.79 Å². The van der Waals surface area contributed by atoms with Crippen molar-refractivity contribution in [2.75, 3.05) is 0 Å². The third kappa shape index (κ3) is 2.10. The Morgan fingerprint density at radius 2 is 1.69 bits per heavy atom. The number of nitrogens with zero attached hydrogens (tertiary/aromatic N) is 4. The zero-order valence-electron chi connectivity index (χ0n) is 5.56. The van der Waals surface area contributed by atoms with Gasteiger partial charge < -0.3 is 0 Å². The Balaban J connectivity index is 3.15. The van der Waals surface area contributed by atoms with Crippen molar-refractivity contribution in [1.82, 2.24) is 20.2 Å². The highest BCUT2D eigenvalue weighted by atomic mass is 35.6. The fourth-order valence-electron chi connectivity index (χ4n) is 0.468. The molecule has 0 saturated heterocycles. The Hall–Kier alpha value is 0.450. The summed E-state index contributed by atoms with van der Waals surface area (Å²) >= 11 is 27.2. The minimum absolute atomic E-state index is 0.350. The molecule has 1 aromatic rings. The second kappa shape index (κ2) is 3.55. The van der Waals surface area contributed by atoms with Crippen LogP contribution in [-0.2, 0) is 4.46 Å². The number of hydrogen-bond donors (Lipinski definition) is 0. The molecule has 0 aromatic carbocycles. The molecule has 0 atom stereocenters. The minimum atomic E-state index is -2.20. The van der Waals surface area contributed by atoms with Gasteiger partial charge in [0.1, 0.15) is 0 Å². The molecule has 0 radical (unpaired) electrons. The van der Waals surface area contributed by atoms with E-state index in [2.05, 4.69) is 15.5 Å². The zero-order valence-corrected chi connectivity index (χ0v) is 9.34. The van der Waals surface area contributed by atoms with Crippen molar-refractivity contribution in [3.8, 4) is 0 Å². The van der Waals surface area contributed by atoms with E-state index in [1.165, 1.54) is 0 Å². The summed E-state index contributed by atoms with van der Waals surface area (Å²) in [6, 6.07) is 0. The van der Waals surface area contributed by atoms with Crippen molar-refractivity contribution < 1.29 is 4.39 Å². The summed E-state index contributed by atoms with van der Waals surface area (Å²) in [4.78, 5) is 0. The molecule has 1 heterocycles. The second-order valence-corrected chi connectivity index (χ2v) is 5.47. The van der Waals surface area contributed by atoms with Crippen LogP contribution in [0.5, 0.6) is 0 Å². The van der Waals surface area contributed by atoms with Crippen LogP contribution in [0.1, 0.15) is 0 Å². The van der Waals surface area contributed by atoms with Crippen molar-refractivity contribution in [1.29, 1.82) is 0 Å². The highest BCUT2D eigenvalue weighted by Gasteiger charge is 2.50. The largest absolute Gasteiger partial charge is 0.330 e. The lowest BCUT2D eigenvalue weighted by atomic mass is 10.7. The van der Waals surface area contributed by atoms with Crippen LogP contribution in [0.2, 0.25) is 0 Å². The lowest BCUT2D eigenvalue weighted by Gasteiger charge is -2.25. The van der Waals surface area contributed by atoms with Gasteiger partial charge in [0.25, 0.3) is 4.46 Å². The van der Waals surface area contributed by atoms with Crippen LogP contribution in [0.3, 0.4) is 0 Å². The lowest BCUT2D eigenvalue weighted by Crippen LogP contribution is -2.37. The summed E-state index contributed by atoms with van der Waals surface area (Å²) in [6.07, 6.45) is -1.16. The van der Waals surface area contributed by atoms with E-state index < -0.39 is 14.3 Å². The molecule has 1 aromatic heterocycles. The van der Waals surface area contributed by atoms with Gasteiger partial charge in [-0.05, 0) is 10.4 Å². The average molecular weight is 288 g/mol. The quantitative estimate of drug-likeness (QED) is 0.745. The van der Waals surface area contributed by atoms with Crippen molar-refractivity contribution in [3.05, 3.63) is 6.08 Å². The van der Waals surface area contributed by atoms with E-state index in [0.29, 0.717) is 4.68 Å². The molecule has 0 spiro atoms. The lowest BCUT2D eigenvalue weighted by molar-refractivity contribution is 0.402. The fraction of sp³-hybridized carbons (Fsp3) is 0.667. The molecule has 0 saturated carbocycles. The third-order valence-corrected chi connectivity index (χ3v) is 3.33. The van der Waals surface area contributed by atoms with Gasteiger partial charge in [0.15, 0.2) is 0 Å². The van der Waals surface area contributed by atoms with Gasteiger partial charge in [-0.25, -0.2) is 0 Å². The summed E-state index contributed by atoms with van der Waals surface area (Å²) in [5, 5.41) is 8.95. The zero-order chi connectivity index (χ0) is 10.3. The molecule has 0 aliphatic heterocycles. The Labute approximate surface area is 96.8 Å². The fourth-order valence-corrected chi connectivity index (χ4v) is 0.916. The Morgan fingerprint density at radius 1 is 1.15 bits per heavy atom. The molecule has 4 nitrogen and oxygen atoms in total. The average Bonchev–Trinajstić information content (AvgIpc) is 2.32. The molecular weight excluding hydrogens is 288 g/mol. The topological polar surface area (TPSA) is 43.6 Å². The van der Waals surface area contributed by atoms with Crippen LogP contribution in [0.25, 0.3) is 0 Å². The predicted octanol–water partition coefficient (Wildman–Crippen LogP) is 2.27. The highest BCUT2D eigenvalue weighted by molar-refractivity contribution is 6.74. The first-order valence-corrected chi connectivity index (χ1v) is 4.54. The molecule has 0 aliphatic carbocycles. The van der Waals surface area contributed by atoms with E-state index in [4.69, 9.17) is 58.0 Å². The summed E-state index contributed by atoms with van der Waals surface area (Å²) in [6.45, 7) is 0. The first-order chi connectivity index (χ1) is 5.77. The van der Waals surface area contributed by atoms with Gasteiger partial charge in [-0.15, -0.1) is 0 Å². The molecule has 0 fully saturated rings. The molecular formula is C3Cl5FN4. The van der Waals surface area contributed by atoms with Gasteiger partial charge in [-0.2, -0.15) is 9.07 Å². The number of aromatic nitrogens is 4. The number of hydrogen-bond acceptors (Lipinski definition) is 3. The van der Waals surface area contributed by atoms with Crippen molar-refractivity contribution in [2.24, 2.45) is 0 Å². The van der Waals surface area contributed by atoms with Crippen molar-refractivity contribution in [3.63, 3.8) is 0 Å². The molecule has 0 N–H and O–H groups in total. The van der Waals surface area contributed by atoms with Gasteiger partial charge in [-0.3, -0.25) is 0 Å². The van der Waals surface area contributed by atoms with E-state index >= 15 is 0 Å². The van der Waals surface area contributed by atoms with Gasteiger partial charge >= 0.3 is 6.08 Å². The summed E-state index contributed by atoms with van der Waals surface area (Å²) in [5.74, 6) is 0. The number of rotatable bonds is 1. The molecule has 10 heteroatoms. The molecule has 1 rings (SSSR count). The summed E-state index contributed by atoms with van der Waals surface area (Å²) < 4.78 is 8.74. The SMILES string of the molecule is Fc1nnnn1C(Cl)(Cl)C(Cl)(Cl)Cl. The monoisotopic (exact) mass is 286 g/mol. The molecule has 0 aliphatic rings. The minimum Gasteiger partial charge on any atom is -0.161 e.